The van der Waals surface area contributed by atoms with Gasteiger partial charge in [0.05, 0.1) is 0 Å². The lowest BCUT2D eigenvalue weighted by atomic mass is 10.0. The van der Waals surface area contributed by atoms with Gasteiger partial charge in [0.2, 0.25) is 5.91 Å². The molecule has 7 heteroatoms. The van der Waals surface area contributed by atoms with Gasteiger partial charge in [-0.15, -0.1) is 12.4 Å². The smallest absolute Gasteiger partial charge is 0.251 e. The standard InChI is InChI=1S/C17H26ClN3O2.ClH/c1-12(2)10-15(11-19)21-16(22)4-3-9-20-17(23)13-5-7-14(18)8-6-13;/h5-8,12,15H,3-4,9-11,19H2,1-2H3,(H,20,23)(H,21,22);1H. The molecule has 0 aliphatic heterocycles. The third kappa shape index (κ3) is 9.11. The molecular weight excluding hydrogens is 349 g/mol. The van der Waals surface area contributed by atoms with Crippen molar-refractivity contribution in [2.45, 2.75) is 39.2 Å². The third-order valence-corrected chi connectivity index (χ3v) is 3.63. The second kappa shape index (κ2) is 12.1. The van der Waals surface area contributed by atoms with E-state index >= 15 is 0 Å². The number of hydrogen-bond acceptors (Lipinski definition) is 3. The molecule has 1 aromatic carbocycles. The Morgan fingerprint density at radius 1 is 1.21 bits per heavy atom. The molecule has 1 aromatic rings. The van der Waals surface area contributed by atoms with Gasteiger partial charge >= 0.3 is 0 Å². The molecule has 4 N–H and O–H groups in total. The molecule has 0 saturated carbocycles. The van der Waals surface area contributed by atoms with Crippen molar-refractivity contribution in [2.75, 3.05) is 13.1 Å². The number of rotatable bonds is 9. The van der Waals surface area contributed by atoms with E-state index in [-0.39, 0.29) is 30.3 Å². The van der Waals surface area contributed by atoms with Gasteiger partial charge in [-0.2, -0.15) is 0 Å². The first-order valence-corrected chi connectivity index (χ1v) is 8.33. The summed E-state index contributed by atoms with van der Waals surface area (Å²) >= 11 is 5.78. The molecular formula is C17H27Cl2N3O2. The van der Waals surface area contributed by atoms with Crippen molar-refractivity contribution in [3.63, 3.8) is 0 Å². The highest BCUT2D eigenvalue weighted by Gasteiger charge is 2.12. The Hall–Kier alpha value is -1.30. The Morgan fingerprint density at radius 3 is 2.38 bits per heavy atom. The Bertz CT molecular complexity index is 507. The molecule has 1 atom stereocenters. The quantitative estimate of drug-likeness (QED) is 0.580. The topological polar surface area (TPSA) is 84.2 Å². The lowest BCUT2D eigenvalue weighted by Gasteiger charge is -2.18. The monoisotopic (exact) mass is 375 g/mol. The van der Waals surface area contributed by atoms with Crippen LogP contribution in [-0.4, -0.2) is 30.9 Å². The largest absolute Gasteiger partial charge is 0.352 e. The van der Waals surface area contributed by atoms with E-state index in [0.29, 0.717) is 42.4 Å². The first-order chi connectivity index (χ1) is 10.9. The van der Waals surface area contributed by atoms with E-state index in [0.717, 1.165) is 6.42 Å². The van der Waals surface area contributed by atoms with E-state index in [1.165, 1.54) is 0 Å². The van der Waals surface area contributed by atoms with Crippen LogP contribution in [0.25, 0.3) is 0 Å². The third-order valence-electron chi connectivity index (χ3n) is 3.38. The molecule has 0 radical (unpaired) electrons. The summed E-state index contributed by atoms with van der Waals surface area (Å²) in [4.78, 5) is 23.7. The van der Waals surface area contributed by atoms with Crippen LogP contribution in [0.4, 0.5) is 0 Å². The average molecular weight is 376 g/mol. The fourth-order valence-corrected chi connectivity index (χ4v) is 2.36. The lowest BCUT2D eigenvalue weighted by Crippen LogP contribution is -2.41. The van der Waals surface area contributed by atoms with Crippen molar-refractivity contribution >= 4 is 35.8 Å². The molecule has 1 rings (SSSR count). The first kappa shape index (κ1) is 22.7. The van der Waals surface area contributed by atoms with E-state index < -0.39 is 0 Å². The average Bonchev–Trinajstić information content (AvgIpc) is 2.50. The number of amides is 2. The Balaban J connectivity index is 0.00000529. The predicted octanol–water partition coefficient (Wildman–Crippen LogP) is 2.76. The minimum atomic E-state index is -0.165. The molecule has 0 heterocycles. The normalized spacial score (nSPS) is 11.5. The van der Waals surface area contributed by atoms with Crippen molar-refractivity contribution in [1.29, 1.82) is 0 Å². The summed E-state index contributed by atoms with van der Waals surface area (Å²) in [6.07, 6.45) is 1.83. The number of carbonyl (C=O) groups excluding carboxylic acids is 2. The van der Waals surface area contributed by atoms with E-state index in [4.69, 9.17) is 17.3 Å². The van der Waals surface area contributed by atoms with Crippen molar-refractivity contribution < 1.29 is 9.59 Å². The Labute approximate surface area is 155 Å². The van der Waals surface area contributed by atoms with Crippen LogP contribution < -0.4 is 16.4 Å². The van der Waals surface area contributed by atoms with Crippen molar-refractivity contribution in [1.82, 2.24) is 10.6 Å². The molecule has 0 aliphatic rings. The van der Waals surface area contributed by atoms with Crippen LogP contribution in [0.2, 0.25) is 5.02 Å². The molecule has 0 bridgehead atoms. The predicted molar refractivity (Wildman–Crippen MR) is 101 cm³/mol. The molecule has 0 spiro atoms. The van der Waals surface area contributed by atoms with E-state index in [9.17, 15) is 9.59 Å². The molecule has 1 unspecified atom stereocenters. The Kier molecular flexibility index (Phi) is 11.5. The second-order valence-electron chi connectivity index (χ2n) is 6.00. The fraction of sp³-hybridized carbons (Fsp3) is 0.529. The zero-order valence-corrected chi connectivity index (χ0v) is 15.8. The Morgan fingerprint density at radius 2 is 1.83 bits per heavy atom. The number of carbonyl (C=O) groups is 2. The van der Waals surface area contributed by atoms with Crippen LogP contribution in [0, 0.1) is 5.92 Å². The van der Waals surface area contributed by atoms with Crippen LogP contribution in [0.15, 0.2) is 24.3 Å². The lowest BCUT2D eigenvalue weighted by molar-refractivity contribution is -0.121. The van der Waals surface area contributed by atoms with Gasteiger partial charge in [-0.3, -0.25) is 9.59 Å². The minimum absolute atomic E-state index is 0. The minimum Gasteiger partial charge on any atom is -0.352 e. The number of nitrogens with one attached hydrogen (secondary N) is 2. The van der Waals surface area contributed by atoms with Crippen LogP contribution in [0.3, 0.4) is 0 Å². The molecule has 2 amide bonds. The molecule has 0 aromatic heterocycles. The summed E-state index contributed by atoms with van der Waals surface area (Å²) < 4.78 is 0. The molecule has 24 heavy (non-hydrogen) atoms. The van der Waals surface area contributed by atoms with Crippen molar-refractivity contribution in [3.05, 3.63) is 34.9 Å². The summed E-state index contributed by atoms with van der Waals surface area (Å²) in [5, 5.41) is 6.31. The van der Waals surface area contributed by atoms with Gasteiger partial charge in [0, 0.05) is 36.1 Å². The highest BCUT2D eigenvalue weighted by Crippen LogP contribution is 2.09. The van der Waals surface area contributed by atoms with Crippen LogP contribution in [0.1, 0.15) is 43.5 Å². The second-order valence-corrected chi connectivity index (χ2v) is 6.43. The van der Waals surface area contributed by atoms with E-state index in [1.54, 1.807) is 24.3 Å². The zero-order chi connectivity index (χ0) is 17.2. The van der Waals surface area contributed by atoms with E-state index in [2.05, 4.69) is 24.5 Å². The molecule has 0 aliphatic carbocycles. The maximum atomic E-state index is 11.9. The number of nitrogens with two attached hydrogens (primary N) is 1. The summed E-state index contributed by atoms with van der Waals surface area (Å²) in [7, 11) is 0. The van der Waals surface area contributed by atoms with Gasteiger partial charge in [-0.05, 0) is 43.0 Å². The summed E-state index contributed by atoms with van der Waals surface area (Å²) in [5.74, 6) is 0.297. The SMILES string of the molecule is CC(C)CC(CN)NC(=O)CCCNC(=O)c1ccc(Cl)cc1.Cl. The maximum absolute atomic E-state index is 11.9. The summed E-state index contributed by atoms with van der Waals surface area (Å²) in [5.41, 5.74) is 6.21. The van der Waals surface area contributed by atoms with Gasteiger partial charge < -0.3 is 16.4 Å². The summed E-state index contributed by atoms with van der Waals surface area (Å²) in [6.45, 7) is 5.09. The molecule has 136 valence electrons. The first-order valence-electron chi connectivity index (χ1n) is 7.95. The van der Waals surface area contributed by atoms with Crippen LogP contribution in [0.5, 0.6) is 0 Å². The van der Waals surface area contributed by atoms with Gasteiger partial charge in [0.1, 0.15) is 0 Å². The number of halogens is 2. The number of hydrogen-bond donors (Lipinski definition) is 3. The maximum Gasteiger partial charge on any atom is 0.251 e. The highest BCUT2D eigenvalue weighted by molar-refractivity contribution is 6.30. The molecule has 0 saturated heterocycles. The van der Waals surface area contributed by atoms with Gasteiger partial charge in [0.25, 0.3) is 5.91 Å². The fourth-order valence-electron chi connectivity index (χ4n) is 2.24. The van der Waals surface area contributed by atoms with Gasteiger partial charge in [-0.25, -0.2) is 0 Å². The van der Waals surface area contributed by atoms with E-state index in [1.807, 2.05) is 0 Å². The zero-order valence-electron chi connectivity index (χ0n) is 14.2. The van der Waals surface area contributed by atoms with Gasteiger partial charge in [0.15, 0.2) is 0 Å². The summed E-state index contributed by atoms with van der Waals surface area (Å²) in [6, 6.07) is 6.70. The van der Waals surface area contributed by atoms with Gasteiger partial charge in [-0.1, -0.05) is 25.4 Å². The van der Waals surface area contributed by atoms with Crippen LogP contribution >= 0.6 is 24.0 Å². The molecule has 0 fully saturated rings. The number of benzene rings is 1. The van der Waals surface area contributed by atoms with Crippen molar-refractivity contribution in [2.24, 2.45) is 11.7 Å². The van der Waals surface area contributed by atoms with Crippen molar-refractivity contribution in [3.8, 4) is 0 Å². The molecule has 5 nitrogen and oxygen atoms in total. The van der Waals surface area contributed by atoms with Crippen LogP contribution in [-0.2, 0) is 4.79 Å². The highest BCUT2D eigenvalue weighted by atomic mass is 35.5.